The van der Waals surface area contributed by atoms with Crippen molar-refractivity contribution >= 4 is 23.1 Å². The fraction of sp³-hybridized carbons (Fsp3) is 0.533. The maximum Gasteiger partial charge on any atom is 0.126 e. The molecule has 20 heavy (non-hydrogen) atoms. The standard InChI is InChI=1S/C15H21ClN4/c1-10-8-19-7-3-4-11(19)9-20(10)13-6-2-5-12(16)14(13)15(17)18/h2,5-6,10-11H,3-4,7-9H2,1H3,(H3,17,18). The number of amidine groups is 1. The van der Waals surface area contributed by atoms with Gasteiger partial charge in [-0.25, -0.2) is 0 Å². The van der Waals surface area contributed by atoms with E-state index in [0.717, 1.165) is 18.8 Å². The fourth-order valence-electron chi connectivity index (χ4n) is 3.54. The number of nitrogens with two attached hydrogens (primary N) is 1. The Balaban J connectivity index is 1.96. The van der Waals surface area contributed by atoms with E-state index in [1.54, 1.807) is 6.07 Å². The number of nitrogens with zero attached hydrogens (tertiary/aromatic N) is 2. The third kappa shape index (κ3) is 2.27. The highest BCUT2D eigenvalue weighted by molar-refractivity contribution is 6.34. The number of anilines is 1. The first kappa shape index (κ1) is 13.7. The first-order chi connectivity index (χ1) is 9.58. The second kappa shape index (κ2) is 5.26. The highest BCUT2D eigenvalue weighted by Gasteiger charge is 2.35. The van der Waals surface area contributed by atoms with Crippen molar-refractivity contribution in [3.63, 3.8) is 0 Å². The van der Waals surface area contributed by atoms with E-state index < -0.39 is 0 Å². The molecule has 3 N–H and O–H groups in total. The molecule has 2 aliphatic heterocycles. The summed E-state index contributed by atoms with van der Waals surface area (Å²) in [6, 6.07) is 6.82. The van der Waals surface area contributed by atoms with Crippen molar-refractivity contribution in [3.8, 4) is 0 Å². The van der Waals surface area contributed by atoms with Crippen LogP contribution in [0.3, 0.4) is 0 Å². The van der Waals surface area contributed by atoms with Crippen molar-refractivity contribution in [3.05, 3.63) is 28.8 Å². The van der Waals surface area contributed by atoms with Crippen LogP contribution in [0.4, 0.5) is 5.69 Å². The van der Waals surface area contributed by atoms with E-state index in [2.05, 4.69) is 16.7 Å². The van der Waals surface area contributed by atoms with Crippen molar-refractivity contribution in [1.82, 2.24) is 4.90 Å². The van der Waals surface area contributed by atoms with Crippen LogP contribution < -0.4 is 10.6 Å². The minimum absolute atomic E-state index is 0.0478. The molecule has 2 aliphatic rings. The molecule has 0 bridgehead atoms. The molecule has 1 aromatic rings. The number of hydrogen-bond donors (Lipinski definition) is 2. The highest BCUT2D eigenvalue weighted by Crippen LogP contribution is 2.33. The lowest BCUT2D eigenvalue weighted by Crippen LogP contribution is -2.55. The predicted octanol–water partition coefficient (Wildman–Crippen LogP) is 2.30. The molecule has 5 heteroatoms. The molecular weight excluding hydrogens is 272 g/mol. The lowest BCUT2D eigenvalue weighted by molar-refractivity contribution is 0.203. The monoisotopic (exact) mass is 292 g/mol. The smallest absolute Gasteiger partial charge is 0.126 e. The summed E-state index contributed by atoms with van der Waals surface area (Å²) in [5, 5.41) is 8.37. The number of fused-ring (bicyclic) bond motifs is 1. The largest absolute Gasteiger partial charge is 0.384 e. The van der Waals surface area contributed by atoms with Gasteiger partial charge in [0.15, 0.2) is 0 Å². The van der Waals surface area contributed by atoms with Gasteiger partial charge in [0.2, 0.25) is 0 Å². The Kier molecular flexibility index (Phi) is 3.61. The van der Waals surface area contributed by atoms with Crippen LogP contribution in [0.15, 0.2) is 18.2 Å². The van der Waals surface area contributed by atoms with Gasteiger partial charge in [0.05, 0.1) is 10.6 Å². The van der Waals surface area contributed by atoms with Crippen LogP contribution in [-0.2, 0) is 0 Å². The summed E-state index contributed by atoms with van der Waals surface area (Å²) in [6.07, 6.45) is 2.56. The van der Waals surface area contributed by atoms with Crippen molar-refractivity contribution < 1.29 is 0 Å². The second-order valence-corrected chi connectivity index (χ2v) is 6.25. The van der Waals surface area contributed by atoms with Crippen LogP contribution in [0.5, 0.6) is 0 Å². The number of piperazine rings is 1. The number of nitrogens with one attached hydrogen (secondary N) is 1. The summed E-state index contributed by atoms with van der Waals surface area (Å²) in [5.41, 5.74) is 7.41. The summed E-state index contributed by atoms with van der Waals surface area (Å²) in [5.74, 6) is 0.0478. The van der Waals surface area contributed by atoms with Crippen molar-refractivity contribution in [2.24, 2.45) is 5.73 Å². The van der Waals surface area contributed by atoms with Gasteiger partial charge < -0.3 is 10.6 Å². The van der Waals surface area contributed by atoms with Gasteiger partial charge in [-0.3, -0.25) is 10.3 Å². The average molecular weight is 293 g/mol. The minimum Gasteiger partial charge on any atom is -0.384 e. The van der Waals surface area contributed by atoms with Crippen molar-refractivity contribution in [2.45, 2.75) is 31.8 Å². The van der Waals surface area contributed by atoms with Crippen LogP contribution in [0.25, 0.3) is 0 Å². The fourth-order valence-corrected chi connectivity index (χ4v) is 3.81. The lowest BCUT2D eigenvalue weighted by Gasteiger charge is -2.44. The second-order valence-electron chi connectivity index (χ2n) is 5.84. The highest BCUT2D eigenvalue weighted by atomic mass is 35.5. The topological polar surface area (TPSA) is 56.4 Å². The molecule has 0 saturated carbocycles. The Morgan fingerprint density at radius 1 is 1.40 bits per heavy atom. The first-order valence-corrected chi connectivity index (χ1v) is 7.59. The van der Waals surface area contributed by atoms with E-state index in [4.69, 9.17) is 22.7 Å². The summed E-state index contributed by atoms with van der Waals surface area (Å²) in [7, 11) is 0. The van der Waals surface area contributed by atoms with E-state index in [-0.39, 0.29) is 5.84 Å². The predicted molar refractivity (Wildman–Crippen MR) is 83.9 cm³/mol. The molecule has 2 heterocycles. The number of hydrogen-bond acceptors (Lipinski definition) is 3. The number of nitrogen functional groups attached to an aromatic ring is 1. The Morgan fingerprint density at radius 2 is 2.20 bits per heavy atom. The minimum atomic E-state index is 0.0478. The molecule has 0 amide bonds. The molecule has 4 nitrogen and oxygen atoms in total. The maximum atomic E-state index is 7.80. The van der Waals surface area contributed by atoms with Gasteiger partial charge >= 0.3 is 0 Å². The molecule has 2 unspecified atom stereocenters. The van der Waals surface area contributed by atoms with Crippen LogP contribution >= 0.6 is 11.6 Å². The van der Waals surface area contributed by atoms with Gasteiger partial charge in [0, 0.05) is 30.9 Å². The Morgan fingerprint density at radius 3 is 2.95 bits per heavy atom. The quantitative estimate of drug-likeness (QED) is 0.649. The molecule has 2 fully saturated rings. The molecular formula is C15H21ClN4. The molecule has 1 aromatic carbocycles. The van der Waals surface area contributed by atoms with Gasteiger partial charge in [0.1, 0.15) is 5.84 Å². The van der Waals surface area contributed by atoms with Crippen molar-refractivity contribution in [2.75, 3.05) is 24.5 Å². The summed E-state index contributed by atoms with van der Waals surface area (Å²) in [6.45, 7) is 5.54. The Labute approximate surface area is 125 Å². The van der Waals surface area contributed by atoms with E-state index >= 15 is 0 Å². The SMILES string of the molecule is CC1CN2CCCC2CN1c1cccc(Cl)c1C(=N)N. The number of rotatable bonds is 2. The zero-order valence-corrected chi connectivity index (χ0v) is 12.5. The van der Waals surface area contributed by atoms with Gasteiger partial charge in [-0.05, 0) is 38.4 Å². The lowest BCUT2D eigenvalue weighted by atomic mass is 10.0. The van der Waals surface area contributed by atoms with Crippen molar-refractivity contribution in [1.29, 1.82) is 5.41 Å². The molecule has 3 rings (SSSR count). The van der Waals surface area contributed by atoms with Crippen LogP contribution in [0.1, 0.15) is 25.3 Å². The van der Waals surface area contributed by atoms with E-state index in [1.807, 2.05) is 12.1 Å². The van der Waals surface area contributed by atoms with Gasteiger partial charge in [0.25, 0.3) is 0 Å². The summed E-state index contributed by atoms with van der Waals surface area (Å²) < 4.78 is 0. The molecule has 0 aromatic heterocycles. The number of benzene rings is 1. The van der Waals surface area contributed by atoms with Crippen LogP contribution in [0, 0.1) is 5.41 Å². The zero-order valence-electron chi connectivity index (χ0n) is 11.8. The average Bonchev–Trinajstić information content (AvgIpc) is 2.84. The molecule has 2 atom stereocenters. The first-order valence-electron chi connectivity index (χ1n) is 7.21. The van der Waals surface area contributed by atoms with E-state index in [9.17, 15) is 0 Å². The third-order valence-corrected chi connectivity index (χ3v) is 4.82. The third-order valence-electron chi connectivity index (χ3n) is 4.51. The molecule has 0 aliphatic carbocycles. The molecule has 0 spiro atoms. The molecule has 2 saturated heterocycles. The summed E-state index contributed by atoms with van der Waals surface area (Å²) >= 11 is 6.24. The molecule has 0 radical (unpaired) electrons. The van der Waals surface area contributed by atoms with Gasteiger partial charge in [-0.1, -0.05) is 17.7 Å². The summed E-state index contributed by atoms with van der Waals surface area (Å²) in [4.78, 5) is 4.95. The Bertz CT molecular complexity index is 531. The normalized spacial score (nSPS) is 26.6. The number of halogens is 1. The zero-order chi connectivity index (χ0) is 14.3. The van der Waals surface area contributed by atoms with Gasteiger partial charge in [-0.15, -0.1) is 0 Å². The van der Waals surface area contributed by atoms with Gasteiger partial charge in [-0.2, -0.15) is 0 Å². The van der Waals surface area contributed by atoms with E-state index in [0.29, 0.717) is 22.7 Å². The van der Waals surface area contributed by atoms with E-state index in [1.165, 1.54) is 19.4 Å². The van der Waals surface area contributed by atoms with Crippen LogP contribution in [-0.4, -0.2) is 42.5 Å². The maximum absolute atomic E-state index is 7.80. The van der Waals surface area contributed by atoms with Crippen LogP contribution in [0.2, 0.25) is 5.02 Å². The Hall–Kier alpha value is -1.26. The molecule has 108 valence electrons.